The van der Waals surface area contributed by atoms with E-state index in [1.165, 1.54) is 4.90 Å². The first-order valence-electron chi connectivity index (χ1n) is 8.16. The summed E-state index contributed by atoms with van der Waals surface area (Å²) in [4.78, 5) is 26.8. The first-order chi connectivity index (χ1) is 13.2. The Morgan fingerprint density at radius 1 is 1.36 bits per heavy atom. The van der Waals surface area contributed by atoms with Gasteiger partial charge in [-0.05, 0) is 18.6 Å². The Morgan fingerprint density at radius 2 is 2.00 bits per heavy atom. The molecule has 1 amide bonds. The van der Waals surface area contributed by atoms with E-state index in [2.05, 4.69) is 0 Å². The Labute approximate surface area is 182 Å². The maximum absolute atomic E-state index is 12.7. The van der Waals surface area contributed by atoms with Gasteiger partial charge in [-0.25, -0.2) is 0 Å². The molecule has 2 rings (SSSR count). The van der Waals surface area contributed by atoms with Gasteiger partial charge in [-0.15, -0.1) is 0 Å². The van der Waals surface area contributed by atoms with Crippen molar-refractivity contribution in [1.29, 1.82) is 0 Å². The molecule has 0 aliphatic carbocycles. The maximum atomic E-state index is 12.7. The molecule has 1 aromatic carbocycles. The number of carboxylic acids is 1. The number of benzene rings is 1. The van der Waals surface area contributed by atoms with Gasteiger partial charge in [0.25, 0.3) is 5.91 Å². The lowest BCUT2D eigenvalue weighted by Crippen LogP contribution is -2.29. The van der Waals surface area contributed by atoms with E-state index in [0.717, 1.165) is 11.8 Å². The third kappa shape index (κ3) is 6.13. The van der Waals surface area contributed by atoms with Crippen LogP contribution >= 0.6 is 47.2 Å². The van der Waals surface area contributed by atoms with Crippen LogP contribution in [-0.4, -0.2) is 51.7 Å². The fourth-order valence-electron chi connectivity index (χ4n) is 2.26. The number of hydrogen-bond acceptors (Lipinski definition) is 6. The normalized spacial score (nSPS) is 16.1. The molecule has 1 fully saturated rings. The van der Waals surface area contributed by atoms with Crippen LogP contribution in [-0.2, 0) is 9.59 Å². The van der Waals surface area contributed by atoms with Crippen LogP contribution in [0.5, 0.6) is 5.75 Å². The summed E-state index contributed by atoms with van der Waals surface area (Å²) < 4.78 is 6.23. The van der Waals surface area contributed by atoms with Gasteiger partial charge in [0.2, 0.25) is 0 Å². The van der Waals surface area contributed by atoms with E-state index in [4.69, 9.17) is 45.3 Å². The van der Waals surface area contributed by atoms with Crippen molar-refractivity contribution in [3.63, 3.8) is 0 Å². The molecule has 0 unspecified atom stereocenters. The van der Waals surface area contributed by atoms with E-state index in [1.54, 1.807) is 35.4 Å². The van der Waals surface area contributed by atoms with Gasteiger partial charge in [0.1, 0.15) is 10.1 Å². The van der Waals surface area contributed by atoms with E-state index in [-0.39, 0.29) is 24.6 Å². The third-order valence-electron chi connectivity index (χ3n) is 3.44. The van der Waals surface area contributed by atoms with Crippen LogP contribution < -0.4 is 4.74 Å². The first kappa shape index (κ1) is 22.5. The minimum atomic E-state index is -0.915. The molecule has 6 nitrogen and oxygen atoms in total. The second kappa shape index (κ2) is 10.2. The van der Waals surface area contributed by atoms with Crippen LogP contribution in [0.3, 0.4) is 0 Å². The average Bonchev–Trinajstić information content (AvgIpc) is 2.84. The predicted molar refractivity (Wildman–Crippen MR) is 116 cm³/mol. The molecule has 1 saturated heterocycles. The Kier molecular flexibility index (Phi) is 8.18. The summed E-state index contributed by atoms with van der Waals surface area (Å²) in [7, 11) is 3.62. The highest BCUT2D eigenvalue weighted by Crippen LogP contribution is 2.36. The van der Waals surface area contributed by atoms with Crippen molar-refractivity contribution < 1.29 is 19.4 Å². The summed E-state index contributed by atoms with van der Waals surface area (Å²) >= 11 is 18.7. The number of carbonyl (C=O) groups is 2. The minimum absolute atomic E-state index is 0.0317. The molecule has 0 atom stereocenters. The van der Waals surface area contributed by atoms with Crippen LogP contribution in [0.2, 0.25) is 10.0 Å². The average molecular weight is 461 g/mol. The van der Waals surface area contributed by atoms with Crippen molar-refractivity contribution in [3.05, 3.63) is 51.2 Å². The quantitative estimate of drug-likeness (QED) is 0.350. The molecule has 1 aliphatic rings. The summed E-state index contributed by atoms with van der Waals surface area (Å²) in [5.41, 5.74) is 0. The SMILES string of the molecule is CN(C)/C=C(\C=C1\SC(=S)N(CCCC(=O)O)C1=O)Oc1c(Cl)cccc1Cl. The highest BCUT2D eigenvalue weighted by atomic mass is 35.5. The number of allylic oxidation sites excluding steroid dienone is 1. The standard InChI is InChI=1S/C18H18Cl2N2O4S2/c1-21(2)10-11(26-16-12(19)5-3-6-13(16)20)9-14-17(25)22(18(27)28-14)8-4-7-15(23)24/h3,5-6,9-10H,4,7-8H2,1-2H3,(H,23,24)/b11-10+,14-9+. The Bertz CT molecular complexity index is 836. The van der Waals surface area contributed by atoms with Gasteiger partial charge in [-0.2, -0.15) is 0 Å². The van der Waals surface area contributed by atoms with E-state index in [1.807, 2.05) is 14.1 Å². The van der Waals surface area contributed by atoms with Crippen LogP contribution in [0, 0.1) is 0 Å². The topological polar surface area (TPSA) is 70.1 Å². The summed E-state index contributed by atoms with van der Waals surface area (Å²) in [5, 5.41) is 9.44. The van der Waals surface area contributed by atoms with E-state index >= 15 is 0 Å². The summed E-state index contributed by atoms with van der Waals surface area (Å²) in [6.45, 7) is 0.248. The van der Waals surface area contributed by atoms with Gasteiger partial charge >= 0.3 is 5.97 Å². The number of halogens is 2. The molecule has 1 aliphatic heterocycles. The molecular weight excluding hydrogens is 443 g/mol. The molecule has 0 aromatic heterocycles. The Hall–Kier alpha value is -1.74. The highest BCUT2D eigenvalue weighted by molar-refractivity contribution is 8.26. The van der Waals surface area contributed by atoms with E-state index in [0.29, 0.717) is 31.5 Å². The number of nitrogens with zero attached hydrogens (tertiary/aromatic N) is 2. The van der Waals surface area contributed by atoms with Crippen LogP contribution in [0.4, 0.5) is 0 Å². The molecule has 0 saturated carbocycles. The second-order valence-corrected chi connectivity index (χ2v) is 8.47. The molecular formula is C18H18Cl2N2O4S2. The van der Waals surface area contributed by atoms with E-state index in [9.17, 15) is 9.59 Å². The molecule has 1 aromatic rings. The minimum Gasteiger partial charge on any atom is -0.481 e. The molecule has 1 N–H and O–H groups in total. The lowest BCUT2D eigenvalue weighted by atomic mass is 10.3. The number of rotatable bonds is 8. The second-order valence-electron chi connectivity index (χ2n) is 5.98. The van der Waals surface area contributed by atoms with Crippen molar-refractivity contribution in [1.82, 2.24) is 9.80 Å². The number of para-hydroxylation sites is 1. The number of ether oxygens (including phenoxy) is 1. The number of amides is 1. The lowest BCUT2D eigenvalue weighted by molar-refractivity contribution is -0.137. The number of hydrogen-bond donors (Lipinski definition) is 1. The Morgan fingerprint density at radius 3 is 2.57 bits per heavy atom. The smallest absolute Gasteiger partial charge is 0.303 e. The monoisotopic (exact) mass is 460 g/mol. The molecule has 1 heterocycles. The number of aliphatic carboxylic acids is 1. The van der Waals surface area contributed by atoms with Crippen molar-refractivity contribution in [3.8, 4) is 5.75 Å². The van der Waals surface area contributed by atoms with E-state index < -0.39 is 5.97 Å². The Balaban J connectivity index is 2.24. The highest BCUT2D eigenvalue weighted by Gasteiger charge is 2.32. The number of thiocarbonyl (C=S) groups is 1. The maximum Gasteiger partial charge on any atom is 0.303 e. The van der Waals surface area contributed by atoms with Crippen molar-refractivity contribution in [2.75, 3.05) is 20.6 Å². The van der Waals surface area contributed by atoms with Crippen molar-refractivity contribution >= 4 is 63.4 Å². The molecule has 0 spiro atoms. The van der Waals surface area contributed by atoms with Crippen molar-refractivity contribution in [2.45, 2.75) is 12.8 Å². The zero-order valence-electron chi connectivity index (χ0n) is 15.1. The fraction of sp³-hybridized carbons (Fsp3) is 0.278. The van der Waals surface area contributed by atoms with Crippen LogP contribution in [0.1, 0.15) is 12.8 Å². The van der Waals surface area contributed by atoms with Gasteiger partial charge in [-0.3, -0.25) is 14.5 Å². The number of carboxylic acid groups (broad SMARTS) is 1. The molecule has 0 bridgehead atoms. The first-order valence-corrected chi connectivity index (χ1v) is 10.1. The van der Waals surface area contributed by atoms with Gasteiger partial charge < -0.3 is 14.7 Å². The lowest BCUT2D eigenvalue weighted by Gasteiger charge is -2.14. The van der Waals surface area contributed by atoms with Gasteiger partial charge in [0, 0.05) is 39.3 Å². The number of thioether (sulfide) groups is 1. The molecule has 150 valence electrons. The summed E-state index contributed by atoms with van der Waals surface area (Å²) in [5.74, 6) is -0.570. The predicted octanol–water partition coefficient (Wildman–Crippen LogP) is 4.38. The largest absolute Gasteiger partial charge is 0.481 e. The summed E-state index contributed by atoms with van der Waals surface area (Å²) in [6.07, 6.45) is 3.53. The molecule has 0 radical (unpaired) electrons. The zero-order chi connectivity index (χ0) is 20.8. The van der Waals surface area contributed by atoms with Crippen molar-refractivity contribution in [2.24, 2.45) is 0 Å². The van der Waals surface area contributed by atoms with Crippen LogP contribution in [0.15, 0.2) is 41.1 Å². The summed E-state index contributed by atoms with van der Waals surface area (Å²) in [6, 6.07) is 5.01. The van der Waals surface area contributed by atoms with Gasteiger partial charge in [-0.1, -0.05) is 53.2 Å². The molecule has 10 heteroatoms. The van der Waals surface area contributed by atoms with Gasteiger partial charge in [0.05, 0.1) is 15.0 Å². The fourth-order valence-corrected chi connectivity index (χ4v) is 4.02. The van der Waals surface area contributed by atoms with Gasteiger partial charge in [0.15, 0.2) is 5.75 Å². The van der Waals surface area contributed by atoms with Crippen LogP contribution in [0.25, 0.3) is 0 Å². The zero-order valence-corrected chi connectivity index (χ0v) is 18.3. The third-order valence-corrected chi connectivity index (χ3v) is 5.42. The molecule has 28 heavy (non-hydrogen) atoms. The number of carbonyl (C=O) groups excluding carboxylic acids is 1.